The Labute approximate surface area is 158 Å². The average molecular weight is 365 g/mol. The first-order valence-electron chi connectivity index (χ1n) is 9.78. The van der Waals surface area contributed by atoms with Gasteiger partial charge in [-0.2, -0.15) is 0 Å². The van der Waals surface area contributed by atoms with Crippen molar-refractivity contribution < 1.29 is 9.63 Å². The smallest absolute Gasteiger partial charge is 0.271 e. The quantitative estimate of drug-likeness (QED) is 0.837. The Morgan fingerprint density at radius 3 is 2.70 bits per heavy atom. The maximum Gasteiger partial charge on any atom is 0.271 e. The number of aromatic nitrogens is 3. The molecule has 7 heteroatoms. The summed E-state index contributed by atoms with van der Waals surface area (Å²) in [4.78, 5) is 20.3. The minimum absolute atomic E-state index is 0.0124. The highest BCUT2D eigenvalue weighted by Gasteiger charge is 2.34. The minimum atomic E-state index is -0.152. The Balaban J connectivity index is 1.19. The van der Waals surface area contributed by atoms with E-state index in [0.29, 0.717) is 18.1 Å². The van der Waals surface area contributed by atoms with Crippen LogP contribution in [0.15, 0.2) is 35.5 Å². The molecule has 0 aliphatic carbocycles. The number of hydrogen-bond donors (Lipinski definition) is 0. The van der Waals surface area contributed by atoms with Gasteiger partial charge in [-0.25, -0.2) is 0 Å². The molecule has 5 rings (SSSR count). The first-order chi connectivity index (χ1) is 13.3. The van der Waals surface area contributed by atoms with Crippen molar-refractivity contribution in [1.29, 1.82) is 0 Å². The van der Waals surface area contributed by atoms with Gasteiger partial charge in [0.05, 0.1) is 0 Å². The van der Waals surface area contributed by atoms with Gasteiger partial charge in [-0.15, -0.1) is 10.2 Å². The Bertz CT molecular complexity index is 868. The van der Waals surface area contributed by atoms with Crippen molar-refractivity contribution in [3.63, 3.8) is 0 Å². The lowest BCUT2D eigenvalue weighted by Gasteiger charge is -2.31. The van der Waals surface area contributed by atoms with Crippen LogP contribution in [0, 0.1) is 0 Å². The second-order valence-electron chi connectivity index (χ2n) is 7.54. The number of nitrogens with zero attached hydrogens (tertiary/aromatic N) is 5. The molecular formula is C20H23N5O2. The van der Waals surface area contributed by atoms with Crippen LogP contribution in [0.1, 0.15) is 54.9 Å². The number of rotatable bonds is 3. The number of hydrogen-bond acceptors (Lipinski definition) is 5. The third kappa shape index (κ3) is 3.01. The highest BCUT2D eigenvalue weighted by atomic mass is 16.6. The molecular weight excluding hydrogens is 342 g/mol. The van der Waals surface area contributed by atoms with Gasteiger partial charge < -0.3 is 14.3 Å². The van der Waals surface area contributed by atoms with Gasteiger partial charge in [0.1, 0.15) is 17.4 Å². The zero-order valence-corrected chi connectivity index (χ0v) is 15.3. The summed E-state index contributed by atoms with van der Waals surface area (Å²) in [5.74, 6) is 2.64. The van der Waals surface area contributed by atoms with Crippen molar-refractivity contribution in [1.82, 2.24) is 19.7 Å². The van der Waals surface area contributed by atoms with Crippen molar-refractivity contribution in [2.24, 2.45) is 5.16 Å². The van der Waals surface area contributed by atoms with E-state index in [1.807, 2.05) is 35.2 Å². The number of fused-ring (bicyclic) bond motifs is 1. The van der Waals surface area contributed by atoms with Crippen LogP contribution in [-0.2, 0) is 22.6 Å². The highest BCUT2D eigenvalue weighted by molar-refractivity contribution is 6.39. The molecule has 1 unspecified atom stereocenters. The molecule has 27 heavy (non-hydrogen) atoms. The van der Waals surface area contributed by atoms with Gasteiger partial charge in [-0.05, 0) is 24.8 Å². The molecule has 0 radical (unpaired) electrons. The molecule has 1 fully saturated rings. The molecule has 0 spiro atoms. The highest BCUT2D eigenvalue weighted by Crippen LogP contribution is 2.31. The van der Waals surface area contributed by atoms with E-state index in [4.69, 9.17) is 4.84 Å². The van der Waals surface area contributed by atoms with E-state index in [-0.39, 0.29) is 12.0 Å². The lowest BCUT2D eigenvalue weighted by atomic mass is 9.95. The molecule has 0 N–H and O–H groups in total. The molecule has 1 atom stereocenters. The van der Waals surface area contributed by atoms with Gasteiger partial charge in [0.2, 0.25) is 0 Å². The second kappa shape index (κ2) is 6.79. The van der Waals surface area contributed by atoms with E-state index in [9.17, 15) is 4.79 Å². The van der Waals surface area contributed by atoms with Crippen molar-refractivity contribution in [2.75, 3.05) is 13.1 Å². The van der Waals surface area contributed by atoms with E-state index in [0.717, 1.165) is 62.5 Å². The third-order valence-corrected chi connectivity index (χ3v) is 5.87. The van der Waals surface area contributed by atoms with Crippen LogP contribution in [0.3, 0.4) is 0 Å². The number of aryl methyl sites for hydroxylation is 1. The summed E-state index contributed by atoms with van der Waals surface area (Å²) >= 11 is 0. The zero-order chi connectivity index (χ0) is 18.2. The molecule has 3 aliphatic rings. The fourth-order valence-corrected chi connectivity index (χ4v) is 4.35. The summed E-state index contributed by atoms with van der Waals surface area (Å²) < 4.78 is 2.28. The van der Waals surface area contributed by atoms with Gasteiger partial charge in [-0.3, -0.25) is 4.79 Å². The maximum absolute atomic E-state index is 12.8. The Morgan fingerprint density at radius 2 is 1.89 bits per heavy atom. The molecule has 2 aromatic rings. The standard InChI is InChI=1S/C20H23N5O2/c26-20(16-13-17(27-23-16)14-5-2-1-3-6-14)24-11-8-15(9-12-24)19-22-21-18-7-4-10-25(18)19/h1-3,5-6,15,17H,4,7-13H2. The Morgan fingerprint density at radius 1 is 1.07 bits per heavy atom. The monoisotopic (exact) mass is 365 g/mol. The molecule has 0 saturated carbocycles. The van der Waals surface area contributed by atoms with E-state index >= 15 is 0 Å². The number of likely N-dealkylation sites (tertiary alicyclic amines) is 1. The summed E-state index contributed by atoms with van der Waals surface area (Å²) in [6.45, 7) is 2.51. The summed E-state index contributed by atoms with van der Waals surface area (Å²) in [6.07, 6.45) is 4.45. The number of oxime groups is 1. The lowest BCUT2D eigenvalue weighted by Crippen LogP contribution is -2.41. The summed E-state index contributed by atoms with van der Waals surface area (Å²) in [6, 6.07) is 9.95. The molecule has 3 aliphatic heterocycles. The molecule has 1 aromatic carbocycles. The molecule has 0 bridgehead atoms. The van der Waals surface area contributed by atoms with Crippen molar-refractivity contribution in [2.45, 2.75) is 50.7 Å². The molecule has 4 heterocycles. The van der Waals surface area contributed by atoms with Crippen LogP contribution < -0.4 is 0 Å². The van der Waals surface area contributed by atoms with Crippen LogP contribution in [0.25, 0.3) is 0 Å². The molecule has 7 nitrogen and oxygen atoms in total. The van der Waals surface area contributed by atoms with Gasteiger partial charge in [0.25, 0.3) is 5.91 Å². The largest absolute Gasteiger partial charge is 0.387 e. The number of benzene rings is 1. The normalized spacial score (nSPS) is 22.4. The molecule has 1 amide bonds. The predicted molar refractivity (Wildman–Crippen MR) is 99.2 cm³/mol. The predicted octanol–water partition coefficient (Wildman–Crippen LogP) is 2.45. The van der Waals surface area contributed by atoms with Crippen LogP contribution in [0.2, 0.25) is 0 Å². The first kappa shape index (κ1) is 16.5. The Hall–Kier alpha value is -2.70. The van der Waals surface area contributed by atoms with E-state index in [1.54, 1.807) is 0 Å². The molecule has 1 aromatic heterocycles. The first-order valence-corrected chi connectivity index (χ1v) is 9.78. The van der Waals surface area contributed by atoms with E-state index in [2.05, 4.69) is 19.9 Å². The van der Waals surface area contributed by atoms with Crippen LogP contribution in [0.4, 0.5) is 0 Å². The van der Waals surface area contributed by atoms with Crippen LogP contribution >= 0.6 is 0 Å². The van der Waals surface area contributed by atoms with Crippen molar-refractivity contribution in [3.8, 4) is 0 Å². The van der Waals surface area contributed by atoms with Crippen molar-refractivity contribution in [3.05, 3.63) is 47.5 Å². The molecule has 1 saturated heterocycles. The number of amides is 1. The number of carbonyl (C=O) groups is 1. The van der Waals surface area contributed by atoms with Gasteiger partial charge in [-0.1, -0.05) is 35.5 Å². The minimum Gasteiger partial charge on any atom is -0.387 e. The number of piperidine rings is 1. The third-order valence-electron chi connectivity index (χ3n) is 5.87. The zero-order valence-electron chi connectivity index (χ0n) is 15.3. The SMILES string of the molecule is O=C(C1=NOC(c2ccccc2)C1)N1CCC(c2nnc3n2CCC3)CC1. The van der Waals surface area contributed by atoms with Gasteiger partial charge in [0, 0.05) is 38.4 Å². The Kier molecular flexibility index (Phi) is 4.14. The second-order valence-corrected chi connectivity index (χ2v) is 7.54. The fraction of sp³-hybridized carbons (Fsp3) is 0.500. The summed E-state index contributed by atoms with van der Waals surface area (Å²) in [7, 11) is 0. The van der Waals surface area contributed by atoms with E-state index < -0.39 is 0 Å². The van der Waals surface area contributed by atoms with Crippen LogP contribution in [0.5, 0.6) is 0 Å². The topological polar surface area (TPSA) is 72.6 Å². The summed E-state index contributed by atoms with van der Waals surface area (Å²) in [5, 5.41) is 12.8. The van der Waals surface area contributed by atoms with Gasteiger partial charge >= 0.3 is 0 Å². The maximum atomic E-state index is 12.8. The summed E-state index contributed by atoms with van der Waals surface area (Å²) in [5.41, 5.74) is 1.59. The number of carbonyl (C=O) groups excluding carboxylic acids is 1. The van der Waals surface area contributed by atoms with Crippen LogP contribution in [-0.4, -0.2) is 44.4 Å². The van der Waals surface area contributed by atoms with Crippen molar-refractivity contribution >= 4 is 11.6 Å². The van der Waals surface area contributed by atoms with Gasteiger partial charge in [0.15, 0.2) is 6.10 Å². The average Bonchev–Trinajstić information content (AvgIpc) is 3.45. The lowest BCUT2D eigenvalue weighted by molar-refractivity contribution is -0.125. The van der Waals surface area contributed by atoms with E-state index in [1.165, 1.54) is 0 Å². The molecule has 140 valence electrons. The fourth-order valence-electron chi connectivity index (χ4n) is 4.35.